The standard InChI is InChI=1S/C22H26N2O4/c1-15(2)22(27)24-19-10-8-18(9-11-19)23-21(26)5-4-14-28-20-12-6-17(7-13-20)16(3)25/h6-13,15H,4-5,14H2,1-3H3,(H,23,26)(H,24,27). The van der Waals surface area contributed by atoms with Gasteiger partial charge in [0, 0.05) is 29.3 Å². The molecule has 0 saturated heterocycles. The molecule has 0 heterocycles. The van der Waals surface area contributed by atoms with Gasteiger partial charge in [-0.1, -0.05) is 13.8 Å². The third-order valence-corrected chi connectivity index (χ3v) is 4.04. The molecule has 0 bridgehead atoms. The van der Waals surface area contributed by atoms with Crippen LogP contribution in [0.5, 0.6) is 5.75 Å². The van der Waals surface area contributed by atoms with Crippen LogP contribution in [0.1, 0.15) is 44.0 Å². The monoisotopic (exact) mass is 382 g/mol. The van der Waals surface area contributed by atoms with Crippen molar-refractivity contribution < 1.29 is 19.1 Å². The molecule has 2 aromatic rings. The van der Waals surface area contributed by atoms with Crippen LogP contribution >= 0.6 is 0 Å². The van der Waals surface area contributed by atoms with Crippen LogP contribution in [-0.4, -0.2) is 24.2 Å². The molecule has 2 aromatic carbocycles. The fraction of sp³-hybridized carbons (Fsp3) is 0.318. The van der Waals surface area contributed by atoms with Crippen LogP contribution in [-0.2, 0) is 9.59 Å². The highest BCUT2D eigenvalue weighted by Crippen LogP contribution is 2.16. The summed E-state index contributed by atoms with van der Waals surface area (Å²) in [6, 6.07) is 13.9. The van der Waals surface area contributed by atoms with E-state index in [0.29, 0.717) is 42.1 Å². The first-order valence-corrected chi connectivity index (χ1v) is 9.29. The van der Waals surface area contributed by atoms with Crippen LogP contribution in [0, 0.1) is 5.92 Å². The SMILES string of the molecule is CC(=O)c1ccc(OCCCC(=O)Nc2ccc(NC(=O)C(C)C)cc2)cc1. The normalized spacial score (nSPS) is 10.4. The average Bonchev–Trinajstić information content (AvgIpc) is 2.67. The van der Waals surface area contributed by atoms with Crippen LogP contribution in [0.4, 0.5) is 11.4 Å². The lowest BCUT2D eigenvalue weighted by Gasteiger charge is -2.10. The molecule has 2 rings (SSSR count). The first-order chi connectivity index (χ1) is 13.3. The summed E-state index contributed by atoms with van der Waals surface area (Å²) in [7, 11) is 0. The molecular weight excluding hydrogens is 356 g/mol. The highest BCUT2D eigenvalue weighted by Gasteiger charge is 2.07. The molecule has 0 aromatic heterocycles. The summed E-state index contributed by atoms with van der Waals surface area (Å²) in [4.78, 5) is 34.9. The second-order valence-electron chi connectivity index (χ2n) is 6.80. The van der Waals surface area contributed by atoms with Gasteiger partial charge >= 0.3 is 0 Å². The van der Waals surface area contributed by atoms with Crippen LogP contribution in [0.25, 0.3) is 0 Å². The van der Waals surface area contributed by atoms with Crippen LogP contribution in [0.2, 0.25) is 0 Å². The second kappa shape index (κ2) is 10.3. The number of rotatable bonds is 9. The lowest BCUT2D eigenvalue weighted by molar-refractivity contribution is -0.119. The van der Waals surface area contributed by atoms with Gasteiger partial charge in [0.05, 0.1) is 6.61 Å². The van der Waals surface area contributed by atoms with Gasteiger partial charge in [-0.3, -0.25) is 14.4 Å². The van der Waals surface area contributed by atoms with Crippen molar-refractivity contribution in [2.75, 3.05) is 17.2 Å². The van der Waals surface area contributed by atoms with Gasteiger partial charge in [0.1, 0.15) is 5.75 Å². The quantitative estimate of drug-likeness (QED) is 0.501. The number of hydrogen-bond donors (Lipinski definition) is 2. The molecule has 0 saturated carbocycles. The number of carbonyl (C=O) groups is 3. The summed E-state index contributed by atoms with van der Waals surface area (Å²) in [5.74, 6) is 0.443. The summed E-state index contributed by atoms with van der Waals surface area (Å²) < 4.78 is 5.58. The van der Waals surface area contributed by atoms with Crippen LogP contribution in [0.3, 0.4) is 0 Å². The second-order valence-corrected chi connectivity index (χ2v) is 6.80. The molecule has 0 atom stereocenters. The van der Waals surface area contributed by atoms with E-state index in [0.717, 1.165) is 0 Å². The molecule has 0 radical (unpaired) electrons. The molecule has 2 N–H and O–H groups in total. The number of hydrogen-bond acceptors (Lipinski definition) is 4. The molecule has 0 unspecified atom stereocenters. The van der Waals surface area contributed by atoms with Gasteiger partial charge in [0.2, 0.25) is 11.8 Å². The van der Waals surface area contributed by atoms with Crippen molar-refractivity contribution >= 4 is 29.0 Å². The summed E-state index contributed by atoms with van der Waals surface area (Å²) in [5.41, 5.74) is 2.01. The van der Waals surface area contributed by atoms with Gasteiger partial charge in [0.15, 0.2) is 5.78 Å². The zero-order valence-corrected chi connectivity index (χ0v) is 16.5. The zero-order chi connectivity index (χ0) is 20.5. The third kappa shape index (κ3) is 6.87. The fourth-order valence-electron chi connectivity index (χ4n) is 2.36. The van der Waals surface area contributed by atoms with Crippen molar-refractivity contribution in [3.8, 4) is 5.75 Å². The van der Waals surface area contributed by atoms with E-state index in [1.165, 1.54) is 6.92 Å². The predicted octanol–water partition coefficient (Wildman–Crippen LogP) is 4.28. The first kappa shape index (κ1) is 21.2. The summed E-state index contributed by atoms with van der Waals surface area (Å²) in [6.07, 6.45) is 0.903. The van der Waals surface area contributed by atoms with E-state index in [-0.39, 0.29) is 23.5 Å². The van der Waals surface area contributed by atoms with Gasteiger partial charge in [-0.05, 0) is 61.9 Å². The molecule has 0 fully saturated rings. The Morgan fingerprint density at radius 2 is 1.46 bits per heavy atom. The van der Waals surface area contributed by atoms with Crippen molar-refractivity contribution in [2.45, 2.75) is 33.6 Å². The first-order valence-electron chi connectivity index (χ1n) is 9.29. The Hall–Kier alpha value is -3.15. The Morgan fingerprint density at radius 3 is 2.00 bits per heavy atom. The molecule has 28 heavy (non-hydrogen) atoms. The van der Waals surface area contributed by atoms with E-state index >= 15 is 0 Å². The Bertz CT molecular complexity index is 811. The Balaban J connectivity index is 1.70. The van der Waals surface area contributed by atoms with Crippen molar-refractivity contribution in [3.63, 3.8) is 0 Å². The smallest absolute Gasteiger partial charge is 0.226 e. The van der Waals surface area contributed by atoms with Gasteiger partial charge in [-0.15, -0.1) is 0 Å². The predicted molar refractivity (Wildman–Crippen MR) is 110 cm³/mol. The maximum atomic E-state index is 12.0. The molecular formula is C22H26N2O4. The van der Waals surface area contributed by atoms with Crippen molar-refractivity contribution in [1.82, 2.24) is 0 Å². The fourth-order valence-corrected chi connectivity index (χ4v) is 2.36. The Morgan fingerprint density at radius 1 is 0.893 bits per heavy atom. The molecule has 148 valence electrons. The topological polar surface area (TPSA) is 84.5 Å². The highest BCUT2D eigenvalue weighted by molar-refractivity contribution is 5.94. The van der Waals surface area contributed by atoms with Crippen molar-refractivity contribution in [3.05, 3.63) is 54.1 Å². The van der Waals surface area contributed by atoms with E-state index in [1.807, 2.05) is 13.8 Å². The maximum absolute atomic E-state index is 12.0. The van der Waals surface area contributed by atoms with Crippen LogP contribution < -0.4 is 15.4 Å². The Kier molecular flexibility index (Phi) is 7.75. The zero-order valence-electron chi connectivity index (χ0n) is 16.5. The van der Waals surface area contributed by atoms with E-state index in [2.05, 4.69) is 10.6 Å². The highest BCUT2D eigenvalue weighted by atomic mass is 16.5. The summed E-state index contributed by atoms with van der Waals surface area (Å²) in [6.45, 7) is 5.58. The number of benzene rings is 2. The molecule has 6 nitrogen and oxygen atoms in total. The Labute approximate surface area is 165 Å². The lowest BCUT2D eigenvalue weighted by Crippen LogP contribution is -2.17. The lowest BCUT2D eigenvalue weighted by atomic mass is 10.1. The van der Waals surface area contributed by atoms with E-state index in [4.69, 9.17) is 4.74 Å². The van der Waals surface area contributed by atoms with Crippen LogP contribution in [0.15, 0.2) is 48.5 Å². The molecule has 0 aliphatic heterocycles. The van der Waals surface area contributed by atoms with Crippen molar-refractivity contribution in [1.29, 1.82) is 0 Å². The number of carbonyl (C=O) groups excluding carboxylic acids is 3. The number of ether oxygens (including phenoxy) is 1. The largest absolute Gasteiger partial charge is 0.494 e. The number of amides is 2. The molecule has 2 amide bonds. The van der Waals surface area contributed by atoms with Crippen molar-refractivity contribution in [2.24, 2.45) is 5.92 Å². The molecule has 0 aliphatic carbocycles. The maximum Gasteiger partial charge on any atom is 0.226 e. The van der Waals surface area contributed by atoms with E-state index in [9.17, 15) is 14.4 Å². The molecule has 6 heteroatoms. The molecule has 0 spiro atoms. The van der Waals surface area contributed by atoms with Gasteiger partial charge in [-0.2, -0.15) is 0 Å². The minimum atomic E-state index is -0.102. The number of ketones is 1. The summed E-state index contributed by atoms with van der Waals surface area (Å²) in [5, 5.41) is 5.62. The number of anilines is 2. The van der Waals surface area contributed by atoms with E-state index < -0.39 is 0 Å². The van der Waals surface area contributed by atoms with E-state index in [1.54, 1.807) is 48.5 Å². The average molecular weight is 382 g/mol. The molecule has 0 aliphatic rings. The number of Topliss-reactive ketones (excluding diaryl/α,β-unsaturated/α-hetero) is 1. The van der Waals surface area contributed by atoms with Gasteiger partial charge < -0.3 is 15.4 Å². The number of nitrogens with one attached hydrogen (secondary N) is 2. The minimum absolute atomic E-state index is 0.0126. The third-order valence-electron chi connectivity index (χ3n) is 4.04. The minimum Gasteiger partial charge on any atom is -0.494 e. The summed E-state index contributed by atoms with van der Waals surface area (Å²) >= 11 is 0. The van der Waals surface area contributed by atoms with Gasteiger partial charge in [0.25, 0.3) is 0 Å². The van der Waals surface area contributed by atoms with Gasteiger partial charge in [-0.25, -0.2) is 0 Å².